The van der Waals surface area contributed by atoms with Crippen molar-refractivity contribution in [2.75, 3.05) is 16.8 Å². The fourth-order valence-corrected chi connectivity index (χ4v) is 3.31. The predicted octanol–water partition coefficient (Wildman–Crippen LogP) is 4.13. The molecule has 0 saturated carbocycles. The van der Waals surface area contributed by atoms with Crippen molar-refractivity contribution >= 4 is 34.8 Å². The summed E-state index contributed by atoms with van der Waals surface area (Å²) in [5.41, 5.74) is 3.53. The van der Waals surface area contributed by atoms with E-state index in [0.29, 0.717) is 18.0 Å². The Morgan fingerprint density at radius 1 is 1.21 bits per heavy atom. The van der Waals surface area contributed by atoms with Crippen LogP contribution in [0.1, 0.15) is 30.4 Å². The largest absolute Gasteiger partial charge is 0.326 e. The van der Waals surface area contributed by atoms with Gasteiger partial charge < -0.3 is 10.2 Å². The first-order chi connectivity index (χ1) is 11.5. The maximum absolute atomic E-state index is 12.5. The first-order valence-electron chi connectivity index (χ1n) is 7.89. The van der Waals surface area contributed by atoms with Crippen LogP contribution in [0.3, 0.4) is 0 Å². The van der Waals surface area contributed by atoms with Crippen LogP contribution in [0.5, 0.6) is 0 Å². The first kappa shape index (κ1) is 16.5. The van der Waals surface area contributed by atoms with Crippen molar-refractivity contribution in [3.63, 3.8) is 0 Å². The quantitative estimate of drug-likeness (QED) is 0.911. The molecule has 2 aromatic rings. The number of fused-ring (bicyclic) bond motifs is 1. The lowest BCUT2D eigenvalue weighted by Crippen LogP contribution is -2.28. The van der Waals surface area contributed by atoms with E-state index in [1.165, 1.54) is 0 Å². The number of nitrogens with zero attached hydrogens (tertiary/aromatic N) is 1. The van der Waals surface area contributed by atoms with Gasteiger partial charge in [-0.1, -0.05) is 35.9 Å². The Balaban J connectivity index is 1.76. The number of carbonyl (C=O) groups excluding carboxylic acids is 2. The molecule has 0 saturated heterocycles. The molecule has 0 aromatic heterocycles. The second kappa shape index (κ2) is 6.65. The molecule has 2 aromatic carbocycles. The van der Waals surface area contributed by atoms with E-state index in [9.17, 15) is 9.59 Å². The molecular weight excluding hydrogens is 324 g/mol. The van der Waals surface area contributed by atoms with Gasteiger partial charge in [-0.05, 0) is 36.2 Å². The normalized spacial score (nSPS) is 16.0. The Morgan fingerprint density at radius 3 is 2.71 bits per heavy atom. The monoisotopic (exact) mass is 342 g/mol. The number of hydrogen-bond donors (Lipinski definition) is 1. The molecule has 0 aliphatic carbocycles. The van der Waals surface area contributed by atoms with Crippen LogP contribution >= 0.6 is 11.6 Å². The average Bonchev–Trinajstić information content (AvgIpc) is 2.91. The molecule has 124 valence electrons. The highest BCUT2D eigenvalue weighted by Crippen LogP contribution is 2.38. The van der Waals surface area contributed by atoms with Crippen LogP contribution in [-0.4, -0.2) is 18.4 Å². The number of benzene rings is 2. The Bertz CT molecular complexity index is 804. The number of anilines is 2. The summed E-state index contributed by atoms with van der Waals surface area (Å²) in [6, 6.07) is 13.2. The molecule has 1 heterocycles. The molecule has 0 radical (unpaired) electrons. The van der Waals surface area contributed by atoms with E-state index in [2.05, 4.69) is 5.32 Å². The van der Waals surface area contributed by atoms with Crippen molar-refractivity contribution in [2.24, 2.45) is 0 Å². The van der Waals surface area contributed by atoms with Gasteiger partial charge in [0.05, 0.1) is 0 Å². The maximum atomic E-state index is 12.5. The molecule has 1 aliphatic rings. The SMILES string of the molecule is CC(=O)N1CC(CC(=O)Nc2cccc(Cl)c2C)c2ccccc21. The molecule has 1 aliphatic heterocycles. The smallest absolute Gasteiger partial charge is 0.225 e. The van der Waals surface area contributed by atoms with Crippen molar-refractivity contribution in [1.82, 2.24) is 0 Å². The number of carbonyl (C=O) groups is 2. The Kier molecular flexibility index (Phi) is 4.58. The minimum absolute atomic E-state index is 0.00366. The van der Waals surface area contributed by atoms with Crippen molar-refractivity contribution in [3.05, 3.63) is 58.6 Å². The van der Waals surface area contributed by atoms with Crippen molar-refractivity contribution in [3.8, 4) is 0 Å². The van der Waals surface area contributed by atoms with Crippen LogP contribution in [-0.2, 0) is 9.59 Å². The van der Waals surface area contributed by atoms with Gasteiger partial charge in [0.15, 0.2) is 0 Å². The van der Waals surface area contributed by atoms with Crippen molar-refractivity contribution in [2.45, 2.75) is 26.2 Å². The highest BCUT2D eigenvalue weighted by atomic mass is 35.5. The number of amides is 2. The first-order valence-corrected chi connectivity index (χ1v) is 8.27. The van der Waals surface area contributed by atoms with Crippen molar-refractivity contribution in [1.29, 1.82) is 0 Å². The summed E-state index contributed by atoms with van der Waals surface area (Å²) in [7, 11) is 0. The second-order valence-corrected chi connectivity index (χ2v) is 6.46. The molecule has 2 amide bonds. The highest BCUT2D eigenvalue weighted by Gasteiger charge is 2.31. The summed E-state index contributed by atoms with van der Waals surface area (Å²) in [4.78, 5) is 26.0. The molecule has 0 spiro atoms. The topological polar surface area (TPSA) is 49.4 Å². The molecule has 0 bridgehead atoms. The van der Waals surface area contributed by atoms with Gasteiger partial charge in [-0.2, -0.15) is 0 Å². The van der Waals surface area contributed by atoms with Crippen LogP contribution in [0.15, 0.2) is 42.5 Å². The van der Waals surface area contributed by atoms with E-state index in [4.69, 9.17) is 11.6 Å². The highest BCUT2D eigenvalue weighted by molar-refractivity contribution is 6.31. The van der Waals surface area contributed by atoms with Gasteiger partial charge in [-0.15, -0.1) is 0 Å². The minimum Gasteiger partial charge on any atom is -0.326 e. The van der Waals surface area contributed by atoms with Crippen LogP contribution < -0.4 is 10.2 Å². The average molecular weight is 343 g/mol. The van der Waals surface area contributed by atoms with E-state index in [-0.39, 0.29) is 17.7 Å². The number of para-hydroxylation sites is 1. The fraction of sp³-hybridized carbons (Fsp3) is 0.263. The number of hydrogen-bond acceptors (Lipinski definition) is 2. The van der Waals surface area contributed by atoms with Gasteiger partial charge in [0.2, 0.25) is 11.8 Å². The van der Waals surface area contributed by atoms with Crippen LogP contribution in [0, 0.1) is 6.92 Å². The second-order valence-electron chi connectivity index (χ2n) is 6.05. The maximum Gasteiger partial charge on any atom is 0.225 e. The summed E-state index contributed by atoms with van der Waals surface area (Å²) in [6.07, 6.45) is 0.326. The molecule has 3 rings (SSSR count). The molecular formula is C19H19ClN2O2. The summed E-state index contributed by atoms with van der Waals surface area (Å²) in [6.45, 7) is 3.96. The zero-order valence-corrected chi connectivity index (χ0v) is 14.4. The lowest BCUT2D eigenvalue weighted by atomic mass is 9.97. The Morgan fingerprint density at radius 2 is 1.96 bits per heavy atom. The number of rotatable bonds is 3. The van der Waals surface area contributed by atoms with Gasteiger partial charge in [-0.25, -0.2) is 0 Å². The molecule has 1 atom stereocenters. The van der Waals surface area contributed by atoms with Crippen LogP contribution in [0.4, 0.5) is 11.4 Å². The van der Waals surface area contributed by atoms with Crippen molar-refractivity contribution < 1.29 is 9.59 Å². The third-order valence-electron chi connectivity index (χ3n) is 4.42. The van der Waals surface area contributed by atoms with Gasteiger partial charge in [0, 0.05) is 42.2 Å². The fourth-order valence-electron chi connectivity index (χ4n) is 3.14. The minimum atomic E-state index is -0.0782. The standard InChI is InChI=1S/C19H19ClN2O2/c1-12-16(20)7-5-8-17(12)21-19(24)10-14-11-22(13(2)23)18-9-4-3-6-15(14)18/h3-9,14H,10-11H2,1-2H3,(H,21,24). The van der Waals surface area contributed by atoms with Gasteiger partial charge in [0.25, 0.3) is 0 Å². The van der Waals surface area contributed by atoms with Crippen LogP contribution in [0.2, 0.25) is 5.02 Å². The molecule has 1 unspecified atom stereocenters. The molecule has 1 N–H and O–H groups in total. The molecule has 24 heavy (non-hydrogen) atoms. The zero-order chi connectivity index (χ0) is 17.3. The molecule has 0 fully saturated rings. The molecule has 5 heteroatoms. The number of halogens is 1. The summed E-state index contributed by atoms with van der Waals surface area (Å²) in [5.74, 6) is -0.0776. The summed E-state index contributed by atoms with van der Waals surface area (Å²) < 4.78 is 0. The zero-order valence-electron chi connectivity index (χ0n) is 13.7. The lowest BCUT2D eigenvalue weighted by molar-refractivity contribution is -0.118. The number of nitrogens with one attached hydrogen (secondary N) is 1. The third kappa shape index (κ3) is 3.15. The van der Waals surface area contributed by atoms with E-state index < -0.39 is 0 Å². The summed E-state index contributed by atoms with van der Waals surface area (Å²) >= 11 is 6.09. The van der Waals surface area contributed by atoms with E-state index in [0.717, 1.165) is 22.5 Å². The van der Waals surface area contributed by atoms with E-state index >= 15 is 0 Å². The van der Waals surface area contributed by atoms with E-state index in [1.807, 2.05) is 43.3 Å². The Labute approximate surface area is 146 Å². The van der Waals surface area contributed by atoms with E-state index in [1.54, 1.807) is 17.9 Å². The lowest BCUT2D eigenvalue weighted by Gasteiger charge is -2.15. The van der Waals surface area contributed by atoms with Crippen LogP contribution in [0.25, 0.3) is 0 Å². The Hall–Kier alpha value is -2.33. The summed E-state index contributed by atoms with van der Waals surface area (Å²) in [5, 5.41) is 3.55. The molecule has 4 nitrogen and oxygen atoms in total. The third-order valence-corrected chi connectivity index (χ3v) is 4.83. The van der Waals surface area contributed by atoms with Gasteiger partial charge in [-0.3, -0.25) is 9.59 Å². The van der Waals surface area contributed by atoms with Gasteiger partial charge in [0.1, 0.15) is 0 Å². The van der Waals surface area contributed by atoms with Gasteiger partial charge >= 0.3 is 0 Å². The predicted molar refractivity (Wildman–Crippen MR) is 96.6 cm³/mol.